The van der Waals surface area contributed by atoms with E-state index in [1.54, 1.807) is 0 Å². The average molecular weight is 337 g/mol. The molecule has 0 heterocycles. The summed E-state index contributed by atoms with van der Waals surface area (Å²) >= 11 is 1.83. The first-order chi connectivity index (χ1) is 10.8. The molecule has 0 aromatic heterocycles. The summed E-state index contributed by atoms with van der Waals surface area (Å²) in [5.74, 6) is 0.972. The van der Waals surface area contributed by atoms with Gasteiger partial charge in [-0.3, -0.25) is 4.79 Å². The molecule has 1 aliphatic rings. The molecule has 1 aliphatic carbocycles. The summed E-state index contributed by atoms with van der Waals surface area (Å²) in [7, 11) is 0. The molecule has 1 aromatic carbocycles. The van der Waals surface area contributed by atoms with Crippen molar-refractivity contribution in [1.29, 1.82) is 0 Å². The van der Waals surface area contributed by atoms with E-state index in [9.17, 15) is 4.79 Å². The molecule has 4 nitrogen and oxygen atoms in total. The second kappa shape index (κ2) is 7.24. The largest absolute Gasteiger partial charge is 0.378 e. The van der Waals surface area contributed by atoms with Crippen molar-refractivity contribution in [2.45, 2.75) is 45.3 Å². The molecule has 1 amide bonds. The van der Waals surface area contributed by atoms with Crippen LogP contribution in [0.1, 0.15) is 32.8 Å². The van der Waals surface area contributed by atoms with E-state index < -0.39 is 5.54 Å². The summed E-state index contributed by atoms with van der Waals surface area (Å²) in [4.78, 5) is 12.6. The summed E-state index contributed by atoms with van der Waals surface area (Å²) in [6, 6.07) is 8.01. The lowest BCUT2D eigenvalue weighted by atomic mass is 9.54. The van der Waals surface area contributed by atoms with Gasteiger partial charge in [0.05, 0.1) is 6.10 Å². The number of carbonyl (C=O) groups excluding carboxylic acids is 1. The van der Waals surface area contributed by atoms with Crippen molar-refractivity contribution in [1.82, 2.24) is 0 Å². The lowest BCUT2D eigenvalue weighted by Gasteiger charge is -2.57. The maximum absolute atomic E-state index is 12.6. The van der Waals surface area contributed by atoms with Gasteiger partial charge in [0.2, 0.25) is 5.91 Å². The van der Waals surface area contributed by atoms with Gasteiger partial charge in [-0.25, -0.2) is 0 Å². The number of hydrogen-bond donors (Lipinski definition) is 2. The Bertz CT molecular complexity index is 544. The van der Waals surface area contributed by atoms with Crippen molar-refractivity contribution in [3.05, 3.63) is 29.8 Å². The van der Waals surface area contributed by atoms with Gasteiger partial charge in [0.25, 0.3) is 0 Å². The van der Waals surface area contributed by atoms with Gasteiger partial charge < -0.3 is 15.8 Å². The van der Waals surface area contributed by atoms with Crippen LogP contribution in [0, 0.1) is 5.41 Å². The molecule has 5 heteroatoms. The van der Waals surface area contributed by atoms with Crippen LogP contribution in [0.5, 0.6) is 0 Å². The summed E-state index contributed by atoms with van der Waals surface area (Å²) in [5, 5.41) is 2.96. The third-order valence-electron chi connectivity index (χ3n) is 5.04. The number of anilines is 1. The number of rotatable bonds is 7. The van der Waals surface area contributed by atoms with Gasteiger partial charge in [0.15, 0.2) is 0 Å². The second-order valence-electron chi connectivity index (χ2n) is 6.73. The van der Waals surface area contributed by atoms with Crippen molar-refractivity contribution in [3.63, 3.8) is 0 Å². The molecule has 2 unspecified atom stereocenters. The minimum atomic E-state index is -0.885. The topological polar surface area (TPSA) is 64.3 Å². The zero-order valence-electron chi connectivity index (χ0n) is 14.5. The minimum absolute atomic E-state index is 0.0390. The predicted octanol–water partition coefficient (Wildman–Crippen LogP) is 3.06. The highest BCUT2D eigenvalue weighted by molar-refractivity contribution is 7.98. The number of nitrogens with two attached hydrogens (primary N) is 1. The van der Waals surface area contributed by atoms with Crippen LogP contribution in [0.3, 0.4) is 0 Å². The first-order valence-electron chi connectivity index (χ1n) is 8.15. The van der Waals surface area contributed by atoms with Gasteiger partial charge in [-0.05, 0) is 43.0 Å². The van der Waals surface area contributed by atoms with Crippen molar-refractivity contribution in [3.8, 4) is 0 Å². The normalized spacial score (nSPS) is 25.7. The molecule has 3 N–H and O–H groups in total. The zero-order chi connectivity index (χ0) is 17.1. The Hall–Kier alpha value is -1.04. The number of nitrogens with one attached hydrogen (secondary N) is 1. The van der Waals surface area contributed by atoms with E-state index in [0.717, 1.165) is 17.9 Å². The molecule has 0 spiro atoms. The van der Waals surface area contributed by atoms with E-state index in [4.69, 9.17) is 10.5 Å². The number of ether oxygens (including phenoxy) is 1. The molecule has 23 heavy (non-hydrogen) atoms. The fourth-order valence-corrected chi connectivity index (χ4v) is 3.48. The molecule has 1 saturated carbocycles. The number of benzene rings is 1. The minimum Gasteiger partial charge on any atom is -0.378 e. The highest BCUT2D eigenvalue weighted by Crippen LogP contribution is 2.50. The van der Waals surface area contributed by atoms with Crippen LogP contribution in [0.25, 0.3) is 0 Å². The molecule has 0 radical (unpaired) electrons. The average Bonchev–Trinajstić information content (AvgIpc) is 2.53. The quantitative estimate of drug-likeness (QED) is 0.803. The van der Waals surface area contributed by atoms with Gasteiger partial charge in [0, 0.05) is 24.1 Å². The molecule has 0 saturated heterocycles. The maximum Gasteiger partial charge on any atom is 0.245 e. The summed E-state index contributed by atoms with van der Waals surface area (Å²) in [6.45, 7) is 6.61. The monoisotopic (exact) mass is 336 g/mol. The fraction of sp³-hybridized carbons (Fsp3) is 0.611. The Balaban J connectivity index is 1.99. The Morgan fingerprint density at radius 1 is 1.39 bits per heavy atom. The lowest BCUT2D eigenvalue weighted by molar-refractivity contribution is -0.166. The second-order valence-corrected chi connectivity index (χ2v) is 7.72. The van der Waals surface area contributed by atoms with Gasteiger partial charge in [0.1, 0.15) is 5.54 Å². The molecule has 2 atom stereocenters. The summed E-state index contributed by atoms with van der Waals surface area (Å²) < 4.78 is 5.68. The fourth-order valence-electron chi connectivity index (χ4n) is 3.04. The highest BCUT2D eigenvalue weighted by atomic mass is 32.2. The Morgan fingerprint density at radius 2 is 2.04 bits per heavy atom. The lowest BCUT2D eigenvalue weighted by Crippen LogP contribution is -2.74. The van der Waals surface area contributed by atoms with Gasteiger partial charge in [-0.1, -0.05) is 26.0 Å². The SMILES string of the molecule is CCOC1CC(N)(C(=O)Nc2ccc(CCSC)cc2)C1(C)C. The molecule has 2 rings (SSSR count). The number of amides is 1. The van der Waals surface area contributed by atoms with Gasteiger partial charge >= 0.3 is 0 Å². The van der Waals surface area contributed by atoms with Crippen LogP contribution in [0.15, 0.2) is 24.3 Å². The number of hydrogen-bond acceptors (Lipinski definition) is 4. The van der Waals surface area contributed by atoms with E-state index in [1.807, 2.05) is 44.7 Å². The third-order valence-corrected chi connectivity index (χ3v) is 5.65. The van der Waals surface area contributed by atoms with E-state index in [1.165, 1.54) is 5.56 Å². The van der Waals surface area contributed by atoms with Crippen molar-refractivity contribution >= 4 is 23.4 Å². The summed E-state index contributed by atoms with van der Waals surface area (Å²) in [6.07, 6.45) is 3.74. The third kappa shape index (κ3) is 3.57. The smallest absolute Gasteiger partial charge is 0.245 e. The molecule has 0 bridgehead atoms. The molecule has 1 aromatic rings. The van der Waals surface area contributed by atoms with E-state index >= 15 is 0 Å². The number of thioether (sulfide) groups is 1. The first kappa shape index (κ1) is 18.3. The Labute approximate surface area is 143 Å². The van der Waals surface area contributed by atoms with E-state index in [2.05, 4.69) is 23.7 Å². The zero-order valence-corrected chi connectivity index (χ0v) is 15.3. The molecular formula is C18H28N2O2S. The van der Waals surface area contributed by atoms with Crippen LogP contribution in [-0.4, -0.2) is 36.2 Å². The molecular weight excluding hydrogens is 308 g/mol. The highest BCUT2D eigenvalue weighted by Gasteiger charge is 2.62. The Morgan fingerprint density at radius 3 is 2.57 bits per heavy atom. The first-order valence-corrected chi connectivity index (χ1v) is 9.54. The van der Waals surface area contributed by atoms with Crippen LogP contribution in [0.2, 0.25) is 0 Å². The molecule has 1 fully saturated rings. The maximum atomic E-state index is 12.6. The van der Waals surface area contributed by atoms with Gasteiger partial charge in [-0.15, -0.1) is 0 Å². The van der Waals surface area contributed by atoms with Crippen LogP contribution >= 0.6 is 11.8 Å². The van der Waals surface area contributed by atoms with Crippen LogP contribution in [0.4, 0.5) is 5.69 Å². The van der Waals surface area contributed by atoms with Crippen LogP contribution in [-0.2, 0) is 16.0 Å². The van der Waals surface area contributed by atoms with Crippen molar-refractivity contribution in [2.24, 2.45) is 11.1 Å². The molecule has 0 aliphatic heterocycles. The van der Waals surface area contributed by atoms with Crippen LogP contribution < -0.4 is 11.1 Å². The van der Waals surface area contributed by atoms with E-state index in [-0.39, 0.29) is 17.4 Å². The number of aryl methyl sites for hydroxylation is 1. The van der Waals surface area contributed by atoms with Crippen molar-refractivity contribution < 1.29 is 9.53 Å². The summed E-state index contributed by atoms with van der Waals surface area (Å²) in [5.41, 5.74) is 7.21. The number of carbonyl (C=O) groups is 1. The standard InChI is InChI=1S/C18H28N2O2S/c1-5-22-15-12-18(19,17(15,2)3)16(21)20-14-8-6-13(7-9-14)10-11-23-4/h6-9,15H,5,10-12,19H2,1-4H3,(H,20,21). The van der Waals surface area contributed by atoms with Gasteiger partial charge in [-0.2, -0.15) is 11.8 Å². The Kier molecular flexibility index (Phi) is 5.76. The predicted molar refractivity (Wildman–Crippen MR) is 97.9 cm³/mol. The van der Waals surface area contributed by atoms with E-state index in [0.29, 0.717) is 13.0 Å². The van der Waals surface area contributed by atoms with Crippen molar-refractivity contribution in [2.75, 3.05) is 23.9 Å². The molecule has 128 valence electrons.